The average Bonchev–Trinajstić information content (AvgIpc) is 3.12. The maximum atomic E-state index is 13.5. The number of ether oxygens (including phenoxy) is 1. The molecule has 1 aromatic carbocycles. The summed E-state index contributed by atoms with van der Waals surface area (Å²) in [4.78, 5) is 13.5. The zero-order valence-electron chi connectivity index (χ0n) is 11.3. The van der Waals surface area contributed by atoms with E-state index in [1.54, 1.807) is 12.1 Å². The molecule has 0 unspecified atom stereocenters. The first kappa shape index (κ1) is 13.8. The Labute approximate surface area is 112 Å². The van der Waals surface area contributed by atoms with Gasteiger partial charge < -0.3 is 10.1 Å². The second-order valence-electron chi connectivity index (χ2n) is 4.98. The number of rotatable bonds is 6. The number of hydrogen-bond acceptors (Lipinski definition) is 3. The fraction of sp³-hybridized carbons (Fsp3) is 0.500. The highest BCUT2D eigenvalue weighted by atomic mass is 19.1. The summed E-state index contributed by atoms with van der Waals surface area (Å²) in [5, 5.41) is 2.93. The maximum Gasteiger partial charge on any atom is 0.234 e. The van der Waals surface area contributed by atoms with E-state index in [-0.39, 0.29) is 17.5 Å². The van der Waals surface area contributed by atoms with E-state index in [4.69, 9.17) is 4.74 Å². The number of hydrogen-bond donors (Lipinski definition) is 1. The molecular weight excluding hydrogens is 247 g/mol. The summed E-state index contributed by atoms with van der Waals surface area (Å²) < 4.78 is 18.4. The van der Waals surface area contributed by atoms with Crippen LogP contribution in [0.15, 0.2) is 18.2 Å². The fourth-order valence-electron chi connectivity index (χ4n) is 1.92. The smallest absolute Gasteiger partial charge is 0.234 e. The number of methoxy groups -OCH3 is 1. The van der Waals surface area contributed by atoms with Gasteiger partial charge in [-0.2, -0.15) is 0 Å². The number of carbonyl (C=O) groups excluding carboxylic acids is 1. The molecule has 0 atom stereocenters. The molecule has 0 saturated heterocycles. The van der Waals surface area contributed by atoms with Gasteiger partial charge in [-0.15, -0.1) is 0 Å². The number of amides is 1. The lowest BCUT2D eigenvalue weighted by Crippen LogP contribution is -2.35. The molecule has 1 N–H and O–H groups in total. The van der Waals surface area contributed by atoms with Crippen molar-refractivity contribution in [2.75, 3.05) is 20.7 Å². The lowest BCUT2D eigenvalue weighted by atomic mass is 10.2. The van der Waals surface area contributed by atoms with Crippen LogP contribution < -0.4 is 10.1 Å². The quantitative estimate of drug-likeness (QED) is 0.849. The summed E-state index contributed by atoms with van der Waals surface area (Å²) in [6.45, 7) is 0.850. The van der Waals surface area contributed by atoms with Crippen molar-refractivity contribution in [2.24, 2.45) is 0 Å². The number of halogens is 1. The minimum atomic E-state index is -0.379. The third kappa shape index (κ3) is 4.21. The monoisotopic (exact) mass is 266 g/mol. The molecule has 0 heterocycles. The van der Waals surface area contributed by atoms with E-state index >= 15 is 0 Å². The Hall–Kier alpha value is -1.62. The average molecular weight is 266 g/mol. The van der Waals surface area contributed by atoms with Gasteiger partial charge in [0.15, 0.2) is 11.6 Å². The predicted molar refractivity (Wildman–Crippen MR) is 70.5 cm³/mol. The summed E-state index contributed by atoms with van der Waals surface area (Å²) in [6.07, 6.45) is 2.16. The van der Waals surface area contributed by atoms with Crippen molar-refractivity contribution in [3.63, 3.8) is 0 Å². The second-order valence-corrected chi connectivity index (χ2v) is 4.98. The van der Waals surface area contributed by atoms with E-state index in [2.05, 4.69) is 5.32 Å². The van der Waals surface area contributed by atoms with Crippen LogP contribution in [0.4, 0.5) is 4.39 Å². The first-order chi connectivity index (χ1) is 9.08. The van der Waals surface area contributed by atoms with Crippen LogP contribution in [0, 0.1) is 5.82 Å². The lowest BCUT2D eigenvalue weighted by Gasteiger charge is -2.16. The molecule has 1 aliphatic rings. The van der Waals surface area contributed by atoms with Gasteiger partial charge >= 0.3 is 0 Å². The Morgan fingerprint density at radius 3 is 2.84 bits per heavy atom. The molecule has 1 amide bonds. The molecule has 104 valence electrons. The zero-order valence-corrected chi connectivity index (χ0v) is 11.3. The molecule has 1 saturated carbocycles. The van der Waals surface area contributed by atoms with Gasteiger partial charge in [-0.1, -0.05) is 6.07 Å². The highest BCUT2D eigenvalue weighted by molar-refractivity contribution is 5.78. The van der Waals surface area contributed by atoms with Crippen LogP contribution >= 0.6 is 0 Å². The molecule has 19 heavy (non-hydrogen) atoms. The number of likely N-dealkylation sites (N-methyl/N-ethyl adjacent to an activating group) is 1. The molecule has 0 bridgehead atoms. The normalized spacial score (nSPS) is 14.5. The summed E-state index contributed by atoms with van der Waals surface area (Å²) >= 11 is 0. The Morgan fingerprint density at radius 1 is 1.53 bits per heavy atom. The van der Waals surface area contributed by atoms with Gasteiger partial charge in [0.1, 0.15) is 0 Å². The molecule has 2 rings (SSSR count). The molecule has 1 aliphatic carbocycles. The molecule has 5 heteroatoms. The van der Waals surface area contributed by atoms with Crippen LogP contribution in [0.1, 0.15) is 18.4 Å². The standard InChI is InChI=1S/C14H19FN2O2/c1-17(9-14(18)16-11-4-5-11)8-10-3-6-13(19-2)12(15)7-10/h3,6-7,11H,4-5,8-9H2,1-2H3,(H,16,18). The highest BCUT2D eigenvalue weighted by Crippen LogP contribution is 2.19. The molecule has 0 aromatic heterocycles. The van der Waals surface area contributed by atoms with E-state index in [1.165, 1.54) is 13.2 Å². The molecule has 1 fully saturated rings. The van der Waals surface area contributed by atoms with Crippen molar-refractivity contribution < 1.29 is 13.9 Å². The van der Waals surface area contributed by atoms with Crippen LogP contribution in [0.25, 0.3) is 0 Å². The summed E-state index contributed by atoms with van der Waals surface area (Å²) in [5.41, 5.74) is 0.819. The lowest BCUT2D eigenvalue weighted by molar-refractivity contribution is -0.122. The SMILES string of the molecule is COc1ccc(CN(C)CC(=O)NC2CC2)cc1F. The zero-order chi connectivity index (χ0) is 13.8. The van der Waals surface area contributed by atoms with Gasteiger partial charge in [0.05, 0.1) is 13.7 Å². The van der Waals surface area contributed by atoms with Crippen LogP contribution in [0.2, 0.25) is 0 Å². The van der Waals surface area contributed by atoms with Crippen molar-refractivity contribution in [2.45, 2.75) is 25.4 Å². The van der Waals surface area contributed by atoms with Crippen molar-refractivity contribution in [1.82, 2.24) is 10.2 Å². The van der Waals surface area contributed by atoms with Gasteiger partial charge in [-0.3, -0.25) is 9.69 Å². The third-order valence-electron chi connectivity index (χ3n) is 3.02. The van der Waals surface area contributed by atoms with E-state index in [9.17, 15) is 9.18 Å². The number of carbonyl (C=O) groups is 1. The van der Waals surface area contributed by atoms with Gasteiger partial charge in [0.25, 0.3) is 0 Å². The van der Waals surface area contributed by atoms with Gasteiger partial charge in [-0.05, 0) is 37.6 Å². The Morgan fingerprint density at radius 2 is 2.26 bits per heavy atom. The van der Waals surface area contributed by atoms with Crippen molar-refractivity contribution >= 4 is 5.91 Å². The second kappa shape index (κ2) is 6.02. The van der Waals surface area contributed by atoms with E-state index < -0.39 is 0 Å². The molecular formula is C14H19FN2O2. The highest BCUT2D eigenvalue weighted by Gasteiger charge is 2.23. The van der Waals surface area contributed by atoms with E-state index in [1.807, 2.05) is 11.9 Å². The first-order valence-corrected chi connectivity index (χ1v) is 6.39. The summed E-state index contributed by atoms with van der Waals surface area (Å²) in [5.74, 6) is -0.118. The topological polar surface area (TPSA) is 41.6 Å². The minimum Gasteiger partial charge on any atom is -0.494 e. The van der Waals surface area contributed by atoms with Gasteiger partial charge in [0.2, 0.25) is 5.91 Å². The van der Waals surface area contributed by atoms with Crippen molar-refractivity contribution in [1.29, 1.82) is 0 Å². The van der Waals surface area contributed by atoms with Gasteiger partial charge in [-0.25, -0.2) is 4.39 Å². The van der Waals surface area contributed by atoms with E-state index in [0.717, 1.165) is 18.4 Å². The first-order valence-electron chi connectivity index (χ1n) is 6.39. The molecule has 1 aromatic rings. The molecule has 0 radical (unpaired) electrons. The Balaban J connectivity index is 1.85. The molecule has 0 spiro atoms. The largest absolute Gasteiger partial charge is 0.494 e. The van der Waals surface area contributed by atoms with Crippen molar-refractivity contribution in [3.05, 3.63) is 29.6 Å². The van der Waals surface area contributed by atoms with Crippen LogP contribution in [-0.4, -0.2) is 37.6 Å². The van der Waals surface area contributed by atoms with Crippen LogP contribution in [0.5, 0.6) is 5.75 Å². The van der Waals surface area contributed by atoms with Gasteiger partial charge in [0, 0.05) is 12.6 Å². The summed E-state index contributed by atoms with van der Waals surface area (Å²) in [6, 6.07) is 5.22. The van der Waals surface area contributed by atoms with Crippen LogP contribution in [-0.2, 0) is 11.3 Å². The van der Waals surface area contributed by atoms with E-state index in [0.29, 0.717) is 19.1 Å². The van der Waals surface area contributed by atoms with Crippen LogP contribution in [0.3, 0.4) is 0 Å². The summed E-state index contributed by atoms with van der Waals surface area (Å²) in [7, 11) is 3.28. The fourth-order valence-corrected chi connectivity index (χ4v) is 1.92. The number of nitrogens with one attached hydrogen (secondary N) is 1. The van der Waals surface area contributed by atoms with Crippen molar-refractivity contribution in [3.8, 4) is 5.75 Å². The Kier molecular flexibility index (Phi) is 4.37. The predicted octanol–water partition coefficient (Wildman–Crippen LogP) is 1.54. The molecule has 4 nitrogen and oxygen atoms in total. The number of benzene rings is 1. The Bertz CT molecular complexity index is 461. The third-order valence-corrected chi connectivity index (χ3v) is 3.02. The minimum absolute atomic E-state index is 0.0268. The number of nitrogens with zero attached hydrogens (tertiary/aromatic N) is 1. The molecule has 0 aliphatic heterocycles. The maximum absolute atomic E-state index is 13.5.